The van der Waals surface area contributed by atoms with Crippen LogP contribution in [0.5, 0.6) is 0 Å². The van der Waals surface area contributed by atoms with Crippen molar-refractivity contribution < 1.29 is 0 Å². The van der Waals surface area contributed by atoms with Gasteiger partial charge in [-0.3, -0.25) is 5.41 Å². The molecule has 0 rings (SSSR count). The van der Waals surface area contributed by atoms with Crippen molar-refractivity contribution in [1.29, 1.82) is 5.41 Å². The average Bonchev–Trinajstić information content (AvgIpc) is 1.87. The molecule has 0 aromatic carbocycles. The summed E-state index contributed by atoms with van der Waals surface area (Å²) in [5.41, 5.74) is 7.73. The van der Waals surface area contributed by atoms with E-state index in [1.165, 1.54) is 7.05 Å². The average molecular weight is 128 g/mol. The maximum atomic E-state index is 9.57. The molecular formula is C2H4N6O. The van der Waals surface area contributed by atoms with Gasteiger partial charge in [0.25, 0.3) is 0 Å². The topological polar surface area (TPSA) is 105 Å². The molecule has 0 aliphatic rings. The summed E-state index contributed by atoms with van der Waals surface area (Å²) in [7, 11) is 1.21. The first-order valence-corrected chi connectivity index (χ1v) is 1.93. The predicted molar refractivity (Wildman–Crippen MR) is 30.4 cm³/mol. The van der Waals surface area contributed by atoms with Gasteiger partial charge in [-0.15, -0.1) is 4.91 Å². The third-order valence-electron chi connectivity index (χ3n) is 0.568. The summed E-state index contributed by atoms with van der Waals surface area (Å²) in [5, 5.41) is 12.4. The molecule has 1 N–H and O–H groups in total. The number of nitrogens with one attached hydrogen (secondary N) is 1. The second kappa shape index (κ2) is 3.39. The molecular weight excluding hydrogens is 124 g/mol. The van der Waals surface area contributed by atoms with Gasteiger partial charge >= 0.3 is 0 Å². The SMILES string of the molecule is CN(N=O)C(=N)N=[N+]=[N-]. The molecule has 0 saturated carbocycles. The largest absolute Gasteiger partial charge is 0.281 e. The second-order valence-corrected chi connectivity index (χ2v) is 1.12. The first-order chi connectivity index (χ1) is 4.22. The number of nitrogens with zero attached hydrogens (tertiary/aromatic N) is 5. The van der Waals surface area contributed by atoms with Crippen LogP contribution in [0.4, 0.5) is 0 Å². The van der Waals surface area contributed by atoms with Gasteiger partial charge in [-0.25, -0.2) is 5.01 Å². The Kier molecular flexibility index (Phi) is 2.78. The van der Waals surface area contributed by atoms with Gasteiger partial charge in [0.15, 0.2) is 0 Å². The Labute approximate surface area is 50.3 Å². The number of guanidine groups is 1. The van der Waals surface area contributed by atoms with Gasteiger partial charge in [0.2, 0.25) is 5.96 Å². The van der Waals surface area contributed by atoms with Crippen molar-refractivity contribution in [2.24, 2.45) is 10.4 Å². The van der Waals surface area contributed by atoms with Crippen molar-refractivity contribution in [1.82, 2.24) is 5.01 Å². The molecule has 0 aromatic heterocycles. The Morgan fingerprint density at radius 1 is 1.89 bits per heavy atom. The van der Waals surface area contributed by atoms with Crippen molar-refractivity contribution in [3.63, 3.8) is 0 Å². The highest BCUT2D eigenvalue weighted by Gasteiger charge is 1.97. The Bertz CT molecular complexity index is 168. The van der Waals surface area contributed by atoms with E-state index in [0.29, 0.717) is 5.01 Å². The van der Waals surface area contributed by atoms with Crippen LogP contribution in [0.1, 0.15) is 0 Å². The number of nitroso groups, excluding NO2 is 1. The highest BCUT2D eigenvalue weighted by Crippen LogP contribution is 1.85. The maximum Gasteiger partial charge on any atom is 0.208 e. The molecule has 0 spiro atoms. The summed E-state index contributed by atoms with van der Waals surface area (Å²) >= 11 is 0. The minimum atomic E-state index is -0.521. The molecule has 7 heteroatoms. The minimum absolute atomic E-state index is 0.521. The zero-order chi connectivity index (χ0) is 7.28. The maximum absolute atomic E-state index is 9.57. The number of azide groups is 1. The van der Waals surface area contributed by atoms with Crippen LogP contribution in [0.3, 0.4) is 0 Å². The molecule has 7 nitrogen and oxygen atoms in total. The Morgan fingerprint density at radius 2 is 2.44 bits per heavy atom. The molecule has 0 aromatic rings. The van der Waals surface area contributed by atoms with Crippen LogP contribution in [0, 0.1) is 10.3 Å². The van der Waals surface area contributed by atoms with Crippen molar-refractivity contribution in [3.8, 4) is 0 Å². The van der Waals surface area contributed by atoms with Crippen LogP contribution in [-0.4, -0.2) is 18.0 Å². The van der Waals surface area contributed by atoms with Crippen LogP contribution in [0.2, 0.25) is 0 Å². The number of hydrogen-bond donors (Lipinski definition) is 1. The number of rotatable bonds is 1. The normalized spacial score (nSPS) is 7.22. The summed E-state index contributed by atoms with van der Waals surface area (Å²) in [5.74, 6) is -0.521. The molecule has 0 unspecified atom stereocenters. The monoisotopic (exact) mass is 128 g/mol. The minimum Gasteiger partial charge on any atom is -0.281 e. The molecule has 0 atom stereocenters. The highest BCUT2D eigenvalue weighted by atomic mass is 16.3. The molecule has 0 heterocycles. The first-order valence-electron chi connectivity index (χ1n) is 1.93. The lowest BCUT2D eigenvalue weighted by Gasteiger charge is -2.01. The van der Waals surface area contributed by atoms with E-state index in [1.54, 1.807) is 0 Å². The van der Waals surface area contributed by atoms with Gasteiger partial charge < -0.3 is 0 Å². The standard InChI is InChI=1S/C2H4N6O/c1-8(7-9)2(3)5-6-4/h3H,1H3. The molecule has 48 valence electrons. The molecule has 0 radical (unpaired) electrons. The van der Waals surface area contributed by atoms with Crippen molar-refractivity contribution in [2.75, 3.05) is 7.05 Å². The smallest absolute Gasteiger partial charge is 0.208 e. The summed E-state index contributed by atoms with van der Waals surface area (Å²) < 4.78 is 0. The summed E-state index contributed by atoms with van der Waals surface area (Å²) in [6, 6.07) is 0. The Morgan fingerprint density at radius 3 is 2.78 bits per heavy atom. The first kappa shape index (κ1) is 7.38. The lowest BCUT2D eigenvalue weighted by molar-refractivity contribution is 0.526. The molecule has 0 bridgehead atoms. The molecule has 0 saturated heterocycles. The lowest BCUT2D eigenvalue weighted by atomic mass is 10.9. The van der Waals surface area contributed by atoms with Crippen LogP contribution in [0.25, 0.3) is 10.4 Å². The zero-order valence-electron chi connectivity index (χ0n) is 4.64. The fraction of sp³-hybridized carbons (Fsp3) is 0.500. The quantitative estimate of drug-likeness (QED) is 0.107. The molecule has 9 heavy (non-hydrogen) atoms. The van der Waals surface area contributed by atoms with E-state index in [1.807, 2.05) is 0 Å². The van der Waals surface area contributed by atoms with Gasteiger partial charge in [-0.05, 0) is 10.6 Å². The highest BCUT2D eigenvalue weighted by molar-refractivity contribution is 5.76. The molecule has 0 aliphatic heterocycles. The van der Waals surface area contributed by atoms with Gasteiger partial charge in [0.05, 0.1) is 5.29 Å². The van der Waals surface area contributed by atoms with Crippen LogP contribution < -0.4 is 0 Å². The van der Waals surface area contributed by atoms with Crippen molar-refractivity contribution in [3.05, 3.63) is 15.3 Å². The van der Waals surface area contributed by atoms with E-state index in [9.17, 15) is 4.91 Å². The summed E-state index contributed by atoms with van der Waals surface area (Å²) in [6.45, 7) is 0. The Hall–Kier alpha value is -1.62. The van der Waals surface area contributed by atoms with Crippen LogP contribution in [-0.2, 0) is 0 Å². The van der Waals surface area contributed by atoms with Gasteiger partial charge in [0, 0.05) is 12.0 Å². The Balaban J connectivity index is 4.03. The van der Waals surface area contributed by atoms with Crippen molar-refractivity contribution in [2.45, 2.75) is 0 Å². The second-order valence-electron chi connectivity index (χ2n) is 1.12. The van der Waals surface area contributed by atoms with Gasteiger partial charge in [-0.2, -0.15) is 0 Å². The third-order valence-corrected chi connectivity index (χ3v) is 0.568. The van der Waals surface area contributed by atoms with E-state index >= 15 is 0 Å². The van der Waals surface area contributed by atoms with Gasteiger partial charge in [-0.1, -0.05) is 0 Å². The molecule has 0 aliphatic carbocycles. The van der Waals surface area contributed by atoms with E-state index < -0.39 is 5.96 Å². The summed E-state index contributed by atoms with van der Waals surface area (Å²) in [6.07, 6.45) is 0. The lowest BCUT2D eigenvalue weighted by Crippen LogP contribution is -2.15. The molecule has 0 fully saturated rings. The van der Waals surface area contributed by atoms with Gasteiger partial charge in [0.1, 0.15) is 0 Å². The number of hydrogen-bond acceptors (Lipinski definition) is 3. The van der Waals surface area contributed by atoms with E-state index in [-0.39, 0.29) is 0 Å². The van der Waals surface area contributed by atoms with E-state index in [2.05, 4.69) is 15.3 Å². The fourth-order valence-electron chi connectivity index (χ4n) is 0.146. The molecule has 0 amide bonds. The van der Waals surface area contributed by atoms with E-state index in [0.717, 1.165) is 0 Å². The van der Waals surface area contributed by atoms with E-state index in [4.69, 9.17) is 10.9 Å². The summed E-state index contributed by atoms with van der Waals surface area (Å²) in [4.78, 5) is 11.8. The van der Waals surface area contributed by atoms with Crippen molar-refractivity contribution >= 4 is 5.96 Å². The predicted octanol–water partition coefficient (Wildman–Crippen LogP) is 0.845. The third kappa shape index (κ3) is 2.25. The van der Waals surface area contributed by atoms with Crippen LogP contribution in [0.15, 0.2) is 10.4 Å². The zero-order valence-corrected chi connectivity index (χ0v) is 4.64. The fourth-order valence-corrected chi connectivity index (χ4v) is 0.146. The van der Waals surface area contributed by atoms with Crippen LogP contribution >= 0.6 is 0 Å².